The largest absolute Gasteiger partial charge is 0.393 e. The van der Waals surface area contributed by atoms with Crippen molar-refractivity contribution in [3.05, 3.63) is 0 Å². The van der Waals surface area contributed by atoms with Gasteiger partial charge in [-0.3, -0.25) is 0 Å². The normalized spacial score (nSPS) is 10.8. The Morgan fingerprint density at radius 1 is 0.600 bits per heavy atom. The first-order chi connectivity index (χ1) is 9.77. The van der Waals surface area contributed by atoms with Crippen LogP contribution in [-0.4, -0.2) is 4.99 Å². The smallest absolute Gasteiger partial charge is 0.0727 e. The molecule has 0 radical (unpaired) electrons. The Bertz CT molecular complexity index is 204. The monoisotopic (exact) mass is 299 g/mol. The van der Waals surface area contributed by atoms with Crippen molar-refractivity contribution in [2.75, 3.05) is 0 Å². The molecule has 0 aromatic rings. The molecule has 0 fully saturated rings. The van der Waals surface area contributed by atoms with E-state index in [1.807, 2.05) is 0 Å². The average Bonchev–Trinajstić information content (AvgIpc) is 2.43. The first-order valence-electron chi connectivity index (χ1n) is 9.05. The van der Waals surface area contributed by atoms with Crippen LogP contribution in [0.25, 0.3) is 0 Å². The molecule has 2 heteroatoms. The summed E-state index contributed by atoms with van der Waals surface area (Å²) >= 11 is 4.87. The molecule has 0 heterocycles. The Hall–Kier alpha value is -0.110. The zero-order valence-electron chi connectivity index (χ0n) is 13.8. The molecule has 0 spiro atoms. The average molecular weight is 300 g/mol. The van der Waals surface area contributed by atoms with E-state index >= 15 is 0 Å². The maximum absolute atomic E-state index is 5.48. The lowest BCUT2D eigenvalue weighted by molar-refractivity contribution is 0.533. The molecule has 120 valence electrons. The van der Waals surface area contributed by atoms with Gasteiger partial charge in [-0.1, -0.05) is 109 Å². The van der Waals surface area contributed by atoms with Gasteiger partial charge in [0.1, 0.15) is 0 Å². The molecule has 0 unspecified atom stereocenters. The predicted octanol–water partition coefficient (Wildman–Crippen LogP) is 6.53. The van der Waals surface area contributed by atoms with Crippen molar-refractivity contribution in [2.45, 2.75) is 110 Å². The lowest BCUT2D eigenvalue weighted by atomic mass is 10.0. The topological polar surface area (TPSA) is 26.0 Å². The summed E-state index contributed by atoms with van der Waals surface area (Å²) in [7, 11) is 0. The number of hydrogen-bond donors (Lipinski definition) is 1. The first-order valence-corrected chi connectivity index (χ1v) is 9.46. The highest BCUT2D eigenvalue weighted by Crippen LogP contribution is 2.13. The van der Waals surface area contributed by atoms with Gasteiger partial charge in [-0.25, -0.2) is 0 Å². The van der Waals surface area contributed by atoms with Gasteiger partial charge in [0.15, 0.2) is 0 Å². The van der Waals surface area contributed by atoms with Crippen molar-refractivity contribution in [1.82, 2.24) is 0 Å². The summed E-state index contributed by atoms with van der Waals surface area (Å²) in [4.78, 5) is 0.680. The second kappa shape index (κ2) is 16.9. The van der Waals surface area contributed by atoms with Gasteiger partial charge < -0.3 is 5.73 Å². The molecule has 0 saturated heterocycles. The highest BCUT2D eigenvalue weighted by molar-refractivity contribution is 7.80. The van der Waals surface area contributed by atoms with Crippen molar-refractivity contribution < 1.29 is 0 Å². The molecule has 0 aliphatic carbocycles. The molecular formula is C18H37NS. The first kappa shape index (κ1) is 19.9. The lowest BCUT2D eigenvalue weighted by Crippen LogP contribution is -2.06. The zero-order chi connectivity index (χ0) is 14.9. The van der Waals surface area contributed by atoms with E-state index in [1.165, 1.54) is 96.3 Å². The van der Waals surface area contributed by atoms with E-state index in [2.05, 4.69) is 6.92 Å². The molecule has 0 saturated carbocycles. The van der Waals surface area contributed by atoms with Gasteiger partial charge in [0.2, 0.25) is 0 Å². The third-order valence-corrected chi connectivity index (χ3v) is 4.23. The van der Waals surface area contributed by atoms with Crippen molar-refractivity contribution in [2.24, 2.45) is 5.73 Å². The molecule has 0 atom stereocenters. The highest BCUT2D eigenvalue weighted by atomic mass is 32.1. The number of unbranched alkanes of at least 4 members (excludes halogenated alkanes) is 14. The van der Waals surface area contributed by atoms with Crippen molar-refractivity contribution in [3.63, 3.8) is 0 Å². The van der Waals surface area contributed by atoms with Crippen LogP contribution < -0.4 is 5.73 Å². The van der Waals surface area contributed by atoms with E-state index < -0.39 is 0 Å². The summed E-state index contributed by atoms with van der Waals surface area (Å²) in [5.41, 5.74) is 5.48. The van der Waals surface area contributed by atoms with Crippen LogP contribution in [0.3, 0.4) is 0 Å². The predicted molar refractivity (Wildman–Crippen MR) is 96.3 cm³/mol. The van der Waals surface area contributed by atoms with Crippen LogP contribution >= 0.6 is 12.2 Å². The highest BCUT2D eigenvalue weighted by Gasteiger charge is 1.94. The molecule has 2 N–H and O–H groups in total. The fourth-order valence-corrected chi connectivity index (χ4v) is 2.81. The van der Waals surface area contributed by atoms with Crippen LogP contribution in [0.1, 0.15) is 110 Å². The van der Waals surface area contributed by atoms with Gasteiger partial charge in [-0.05, 0) is 12.8 Å². The number of hydrogen-bond acceptors (Lipinski definition) is 1. The Kier molecular flexibility index (Phi) is 16.8. The molecule has 0 aromatic carbocycles. The minimum Gasteiger partial charge on any atom is -0.393 e. The number of rotatable bonds is 16. The van der Waals surface area contributed by atoms with Crippen LogP contribution in [0.2, 0.25) is 0 Å². The zero-order valence-corrected chi connectivity index (χ0v) is 14.6. The Morgan fingerprint density at radius 3 is 1.20 bits per heavy atom. The van der Waals surface area contributed by atoms with Crippen molar-refractivity contribution in [3.8, 4) is 0 Å². The third kappa shape index (κ3) is 17.9. The van der Waals surface area contributed by atoms with Gasteiger partial charge in [0, 0.05) is 0 Å². The Morgan fingerprint density at radius 2 is 0.900 bits per heavy atom. The van der Waals surface area contributed by atoms with Crippen LogP contribution in [0.15, 0.2) is 0 Å². The van der Waals surface area contributed by atoms with E-state index in [0.717, 1.165) is 6.42 Å². The standard InChI is InChI=1S/C18H37NS/c1-2-3-4-5-6-7-8-9-10-11-12-13-14-15-16-17-18(19)20/h2-17H2,1H3,(H2,19,20). The molecular weight excluding hydrogens is 262 g/mol. The fraction of sp³-hybridized carbons (Fsp3) is 0.944. The third-order valence-electron chi connectivity index (χ3n) is 4.03. The number of nitrogens with two attached hydrogens (primary N) is 1. The maximum atomic E-state index is 5.48. The molecule has 1 nitrogen and oxygen atoms in total. The Labute approximate surface area is 133 Å². The summed E-state index contributed by atoms with van der Waals surface area (Å²) in [6.45, 7) is 2.28. The summed E-state index contributed by atoms with van der Waals surface area (Å²) in [5.74, 6) is 0. The van der Waals surface area contributed by atoms with Gasteiger partial charge in [0.05, 0.1) is 4.99 Å². The molecule has 0 bridgehead atoms. The van der Waals surface area contributed by atoms with Crippen LogP contribution in [-0.2, 0) is 0 Å². The second-order valence-electron chi connectivity index (χ2n) is 6.17. The molecule has 20 heavy (non-hydrogen) atoms. The van der Waals surface area contributed by atoms with E-state index in [1.54, 1.807) is 0 Å². The second-order valence-corrected chi connectivity index (χ2v) is 6.69. The van der Waals surface area contributed by atoms with Crippen molar-refractivity contribution >= 4 is 17.2 Å². The van der Waals surface area contributed by atoms with E-state index in [-0.39, 0.29) is 0 Å². The molecule has 0 aliphatic rings. The summed E-state index contributed by atoms with van der Waals surface area (Å²) in [6, 6.07) is 0. The van der Waals surface area contributed by atoms with E-state index in [4.69, 9.17) is 18.0 Å². The van der Waals surface area contributed by atoms with Gasteiger partial charge in [-0.15, -0.1) is 0 Å². The molecule has 0 aliphatic heterocycles. The van der Waals surface area contributed by atoms with Crippen LogP contribution in [0.4, 0.5) is 0 Å². The minimum absolute atomic E-state index is 0.680. The molecule has 0 rings (SSSR count). The molecule has 0 amide bonds. The summed E-state index contributed by atoms with van der Waals surface area (Å²) < 4.78 is 0. The van der Waals surface area contributed by atoms with Crippen LogP contribution in [0.5, 0.6) is 0 Å². The Balaban J connectivity index is 2.94. The molecule has 0 aromatic heterocycles. The van der Waals surface area contributed by atoms with Crippen LogP contribution in [0, 0.1) is 0 Å². The lowest BCUT2D eigenvalue weighted by Gasteiger charge is -2.03. The van der Waals surface area contributed by atoms with Gasteiger partial charge in [-0.2, -0.15) is 0 Å². The van der Waals surface area contributed by atoms with Gasteiger partial charge in [0.25, 0.3) is 0 Å². The maximum Gasteiger partial charge on any atom is 0.0727 e. The summed E-state index contributed by atoms with van der Waals surface area (Å²) in [5, 5.41) is 0. The quantitative estimate of drug-likeness (QED) is 0.259. The van der Waals surface area contributed by atoms with E-state index in [0.29, 0.717) is 4.99 Å². The van der Waals surface area contributed by atoms with E-state index in [9.17, 15) is 0 Å². The fourth-order valence-electron chi connectivity index (χ4n) is 2.67. The van der Waals surface area contributed by atoms with Crippen molar-refractivity contribution in [1.29, 1.82) is 0 Å². The number of thiocarbonyl (C=S) groups is 1. The SMILES string of the molecule is CCCCCCCCCCCCCCCCCC(N)=S. The summed E-state index contributed by atoms with van der Waals surface area (Å²) in [6.07, 6.45) is 22.0. The van der Waals surface area contributed by atoms with Gasteiger partial charge >= 0.3 is 0 Å². The minimum atomic E-state index is 0.680.